The highest BCUT2D eigenvalue weighted by Crippen LogP contribution is 2.28. The summed E-state index contributed by atoms with van der Waals surface area (Å²) in [5.74, 6) is 2.23. The molecule has 0 saturated heterocycles. The van der Waals surface area contributed by atoms with E-state index in [1.54, 1.807) is 28.8 Å². The van der Waals surface area contributed by atoms with Crippen molar-refractivity contribution in [3.05, 3.63) is 72.9 Å². The number of hydrogen-bond acceptors (Lipinski definition) is 7. The maximum absolute atomic E-state index is 14.2. The van der Waals surface area contributed by atoms with Crippen LogP contribution in [-0.2, 0) is 12.3 Å². The van der Waals surface area contributed by atoms with Gasteiger partial charge >= 0.3 is 0 Å². The molecule has 0 fully saturated rings. The molecule has 0 aliphatic carbocycles. The lowest BCUT2D eigenvalue weighted by molar-refractivity contribution is 0.340. The molecule has 0 N–H and O–H groups in total. The van der Waals surface area contributed by atoms with Gasteiger partial charge in [0.1, 0.15) is 11.6 Å². The standard InChI is InChI=1S/C22H20FN5O2S/c1-3-13-28-21(17-7-5-6-8-18(17)23)25-26-22(28)31-14-19-24-20(27-30-19)15-9-11-16(12-10-15)29-4-2/h3,5-12H,1,4,13-14H2,2H3. The predicted molar refractivity (Wildman–Crippen MR) is 116 cm³/mol. The highest BCUT2D eigenvalue weighted by atomic mass is 32.2. The highest BCUT2D eigenvalue weighted by molar-refractivity contribution is 7.98. The molecule has 0 saturated carbocycles. The van der Waals surface area contributed by atoms with Crippen molar-refractivity contribution < 1.29 is 13.7 Å². The van der Waals surface area contributed by atoms with Crippen LogP contribution < -0.4 is 4.74 Å². The first-order valence-electron chi connectivity index (χ1n) is 9.67. The summed E-state index contributed by atoms with van der Waals surface area (Å²) in [5.41, 5.74) is 1.22. The van der Waals surface area contributed by atoms with Crippen molar-refractivity contribution in [3.63, 3.8) is 0 Å². The summed E-state index contributed by atoms with van der Waals surface area (Å²) >= 11 is 1.38. The third-order valence-electron chi connectivity index (χ3n) is 4.36. The van der Waals surface area contributed by atoms with E-state index in [4.69, 9.17) is 9.26 Å². The lowest BCUT2D eigenvalue weighted by Crippen LogP contribution is -2.01. The van der Waals surface area contributed by atoms with Gasteiger partial charge < -0.3 is 9.26 Å². The van der Waals surface area contributed by atoms with Crippen molar-refractivity contribution in [2.45, 2.75) is 24.4 Å². The second-order valence-corrected chi connectivity index (χ2v) is 7.39. The molecule has 0 aliphatic rings. The van der Waals surface area contributed by atoms with Gasteiger partial charge in [0.15, 0.2) is 11.0 Å². The Labute approximate surface area is 183 Å². The zero-order valence-corrected chi connectivity index (χ0v) is 17.7. The van der Waals surface area contributed by atoms with E-state index in [0.717, 1.165) is 11.3 Å². The molecule has 0 spiro atoms. The topological polar surface area (TPSA) is 78.9 Å². The number of allylic oxidation sites excluding steroid dienone is 1. The lowest BCUT2D eigenvalue weighted by Gasteiger charge is -2.07. The molecular formula is C22H20FN5O2S. The fourth-order valence-electron chi connectivity index (χ4n) is 2.95. The van der Waals surface area contributed by atoms with E-state index in [9.17, 15) is 4.39 Å². The fraction of sp³-hybridized carbons (Fsp3) is 0.182. The monoisotopic (exact) mass is 437 g/mol. The van der Waals surface area contributed by atoms with E-state index in [2.05, 4.69) is 26.9 Å². The largest absolute Gasteiger partial charge is 0.494 e. The summed E-state index contributed by atoms with van der Waals surface area (Å²) in [6.45, 7) is 6.77. The Morgan fingerprint density at radius 1 is 1.16 bits per heavy atom. The molecule has 4 aromatic rings. The molecule has 9 heteroatoms. The Hall–Kier alpha value is -3.46. The Balaban J connectivity index is 1.50. The van der Waals surface area contributed by atoms with Crippen LogP contribution in [0.15, 0.2) is 70.9 Å². The number of halogens is 1. The smallest absolute Gasteiger partial charge is 0.237 e. The van der Waals surface area contributed by atoms with E-state index < -0.39 is 0 Å². The van der Waals surface area contributed by atoms with E-state index in [0.29, 0.717) is 47.2 Å². The van der Waals surface area contributed by atoms with Gasteiger partial charge in [-0.25, -0.2) is 4.39 Å². The molecule has 158 valence electrons. The van der Waals surface area contributed by atoms with Crippen LogP contribution in [0.3, 0.4) is 0 Å². The van der Waals surface area contributed by atoms with Crippen molar-refractivity contribution in [1.29, 1.82) is 0 Å². The predicted octanol–water partition coefficient (Wildman–Crippen LogP) is 5.01. The summed E-state index contributed by atoms with van der Waals surface area (Å²) in [4.78, 5) is 4.45. The van der Waals surface area contributed by atoms with E-state index in [1.807, 2.05) is 31.2 Å². The van der Waals surface area contributed by atoms with Crippen LogP contribution in [0.5, 0.6) is 5.75 Å². The van der Waals surface area contributed by atoms with Crippen molar-refractivity contribution in [2.24, 2.45) is 0 Å². The summed E-state index contributed by atoms with van der Waals surface area (Å²) in [7, 11) is 0. The van der Waals surface area contributed by atoms with Gasteiger partial charge in [0.2, 0.25) is 11.7 Å². The number of aromatic nitrogens is 5. The number of rotatable bonds is 9. The van der Waals surface area contributed by atoms with Crippen LogP contribution in [0.4, 0.5) is 4.39 Å². The van der Waals surface area contributed by atoms with Gasteiger partial charge in [0.25, 0.3) is 0 Å². The summed E-state index contributed by atoms with van der Waals surface area (Å²) in [5, 5.41) is 13.1. The first-order chi connectivity index (χ1) is 15.2. The summed E-state index contributed by atoms with van der Waals surface area (Å²) < 4.78 is 26.9. The van der Waals surface area contributed by atoms with Crippen LogP contribution in [0.25, 0.3) is 22.8 Å². The Morgan fingerprint density at radius 3 is 2.71 bits per heavy atom. The molecule has 0 bridgehead atoms. The number of nitrogens with zero attached hydrogens (tertiary/aromatic N) is 5. The van der Waals surface area contributed by atoms with Crippen molar-refractivity contribution in [3.8, 4) is 28.5 Å². The molecule has 0 amide bonds. The lowest BCUT2D eigenvalue weighted by atomic mass is 10.2. The van der Waals surface area contributed by atoms with Gasteiger partial charge in [-0.2, -0.15) is 4.98 Å². The van der Waals surface area contributed by atoms with Crippen molar-refractivity contribution in [1.82, 2.24) is 24.9 Å². The second kappa shape index (κ2) is 9.57. The van der Waals surface area contributed by atoms with Gasteiger partial charge in [-0.1, -0.05) is 35.1 Å². The van der Waals surface area contributed by atoms with Crippen molar-refractivity contribution >= 4 is 11.8 Å². The molecule has 2 aromatic heterocycles. The molecule has 7 nitrogen and oxygen atoms in total. The third-order valence-corrected chi connectivity index (χ3v) is 5.31. The number of hydrogen-bond donors (Lipinski definition) is 0. The number of benzene rings is 2. The highest BCUT2D eigenvalue weighted by Gasteiger charge is 2.17. The van der Waals surface area contributed by atoms with Crippen LogP contribution in [0.1, 0.15) is 12.8 Å². The third kappa shape index (κ3) is 4.66. The zero-order valence-electron chi connectivity index (χ0n) is 16.9. The zero-order chi connectivity index (χ0) is 21.6. The molecule has 4 rings (SSSR count). The molecule has 0 aliphatic heterocycles. The normalized spacial score (nSPS) is 10.9. The van der Waals surface area contributed by atoms with Gasteiger partial charge in [-0.15, -0.1) is 16.8 Å². The number of thioether (sulfide) groups is 1. The SMILES string of the molecule is C=CCn1c(SCc2nc(-c3ccc(OCC)cc3)no2)nnc1-c1ccccc1F. The van der Waals surface area contributed by atoms with Gasteiger partial charge in [-0.05, 0) is 43.3 Å². The quantitative estimate of drug-likeness (QED) is 0.269. The van der Waals surface area contributed by atoms with Gasteiger partial charge in [0.05, 0.1) is 17.9 Å². The minimum atomic E-state index is -0.353. The molecule has 31 heavy (non-hydrogen) atoms. The van der Waals surface area contributed by atoms with Crippen molar-refractivity contribution in [2.75, 3.05) is 6.61 Å². The van der Waals surface area contributed by atoms with Crippen LogP contribution >= 0.6 is 11.8 Å². The van der Waals surface area contributed by atoms with E-state index in [1.165, 1.54) is 17.8 Å². The van der Waals surface area contributed by atoms with Crippen LogP contribution in [0, 0.1) is 5.82 Å². The molecule has 2 heterocycles. The van der Waals surface area contributed by atoms with Crippen LogP contribution in [0.2, 0.25) is 0 Å². The second-order valence-electron chi connectivity index (χ2n) is 6.44. The maximum Gasteiger partial charge on any atom is 0.237 e. The van der Waals surface area contributed by atoms with Gasteiger partial charge in [-0.3, -0.25) is 4.57 Å². The van der Waals surface area contributed by atoms with Crippen LogP contribution in [-0.4, -0.2) is 31.5 Å². The molecule has 0 atom stereocenters. The summed E-state index contributed by atoms with van der Waals surface area (Å²) in [6, 6.07) is 14.0. The Morgan fingerprint density at radius 2 is 1.97 bits per heavy atom. The minimum Gasteiger partial charge on any atom is -0.494 e. The first kappa shape index (κ1) is 20.8. The van der Waals surface area contributed by atoms with E-state index in [-0.39, 0.29) is 5.82 Å². The maximum atomic E-state index is 14.2. The molecule has 2 aromatic carbocycles. The average Bonchev–Trinajstić information content (AvgIpc) is 3.41. The average molecular weight is 438 g/mol. The molecule has 0 radical (unpaired) electrons. The van der Waals surface area contributed by atoms with Gasteiger partial charge in [0, 0.05) is 12.1 Å². The molecular weight excluding hydrogens is 417 g/mol. The summed E-state index contributed by atoms with van der Waals surface area (Å²) in [6.07, 6.45) is 1.72. The van der Waals surface area contributed by atoms with E-state index >= 15 is 0 Å². The first-order valence-corrected chi connectivity index (χ1v) is 10.7. The fourth-order valence-corrected chi connectivity index (χ4v) is 3.74. The molecule has 0 unspecified atom stereocenters. The Kier molecular flexibility index (Phi) is 6.42. The Bertz CT molecular complexity index is 1170. The number of ether oxygens (including phenoxy) is 1. The minimum absolute atomic E-state index is 0.353.